The van der Waals surface area contributed by atoms with Crippen molar-refractivity contribution in [1.82, 2.24) is 9.97 Å². The van der Waals surface area contributed by atoms with Crippen LogP contribution < -0.4 is 4.90 Å². The maximum atomic E-state index is 4.40. The van der Waals surface area contributed by atoms with E-state index in [1.807, 2.05) is 13.0 Å². The second kappa shape index (κ2) is 4.47. The van der Waals surface area contributed by atoms with Crippen LogP contribution in [0.4, 0.5) is 5.82 Å². The Bertz CT molecular complexity index is 324. The molecule has 1 aromatic rings. The summed E-state index contributed by atoms with van der Waals surface area (Å²) < 4.78 is 0.839. The van der Waals surface area contributed by atoms with E-state index >= 15 is 0 Å². The van der Waals surface area contributed by atoms with Gasteiger partial charge in [0.15, 0.2) is 0 Å². The Labute approximate surface area is 100 Å². The van der Waals surface area contributed by atoms with Gasteiger partial charge in [-0.15, -0.1) is 0 Å². The van der Waals surface area contributed by atoms with Crippen molar-refractivity contribution in [2.24, 2.45) is 5.41 Å². The molecule has 0 aromatic carbocycles. The fraction of sp³-hybridized carbons (Fsp3) is 0.636. The van der Waals surface area contributed by atoms with Gasteiger partial charge in [-0.3, -0.25) is 0 Å². The highest BCUT2D eigenvalue weighted by Gasteiger charge is 2.15. The first-order chi connectivity index (χ1) is 6.78. The minimum absolute atomic E-state index is 0.264. The van der Waals surface area contributed by atoms with Crippen molar-refractivity contribution < 1.29 is 0 Å². The van der Waals surface area contributed by atoms with E-state index in [9.17, 15) is 0 Å². The quantitative estimate of drug-likeness (QED) is 0.775. The van der Waals surface area contributed by atoms with Crippen LogP contribution in [0, 0.1) is 12.3 Å². The van der Waals surface area contributed by atoms with Crippen LogP contribution in [0.2, 0.25) is 0 Å². The third-order valence-corrected chi connectivity index (χ3v) is 2.30. The van der Waals surface area contributed by atoms with E-state index in [-0.39, 0.29) is 5.41 Å². The lowest BCUT2D eigenvalue weighted by Crippen LogP contribution is -2.29. The molecule has 84 valence electrons. The van der Waals surface area contributed by atoms with Gasteiger partial charge in [-0.25, -0.2) is 9.97 Å². The second-order valence-electron chi connectivity index (χ2n) is 5.01. The first-order valence-corrected chi connectivity index (χ1v) is 5.79. The Kier molecular flexibility index (Phi) is 3.71. The number of aryl methyl sites for hydroxylation is 1. The van der Waals surface area contributed by atoms with E-state index < -0.39 is 0 Å². The standard InChI is InChI=1S/C11H18BrN3/c1-8-13-9(12)6-10(14-8)15(5)7-11(2,3)4/h6H,7H2,1-5H3. The molecule has 0 spiro atoms. The highest BCUT2D eigenvalue weighted by molar-refractivity contribution is 9.10. The van der Waals surface area contributed by atoms with Crippen LogP contribution in [0.1, 0.15) is 26.6 Å². The summed E-state index contributed by atoms with van der Waals surface area (Å²) in [6.07, 6.45) is 0. The first kappa shape index (κ1) is 12.4. The van der Waals surface area contributed by atoms with Crippen molar-refractivity contribution in [3.05, 3.63) is 16.5 Å². The molecule has 15 heavy (non-hydrogen) atoms. The monoisotopic (exact) mass is 271 g/mol. The number of aromatic nitrogens is 2. The lowest BCUT2D eigenvalue weighted by atomic mass is 9.96. The zero-order chi connectivity index (χ0) is 11.6. The van der Waals surface area contributed by atoms with E-state index in [2.05, 4.69) is 58.6 Å². The van der Waals surface area contributed by atoms with Crippen molar-refractivity contribution >= 4 is 21.7 Å². The van der Waals surface area contributed by atoms with Crippen LogP contribution in [0.3, 0.4) is 0 Å². The lowest BCUT2D eigenvalue weighted by molar-refractivity contribution is 0.417. The Morgan fingerprint density at radius 2 is 1.93 bits per heavy atom. The van der Waals surface area contributed by atoms with Crippen LogP contribution in [-0.4, -0.2) is 23.6 Å². The molecular weight excluding hydrogens is 254 g/mol. The summed E-state index contributed by atoms with van der Waals surface area (Å²) in [5.74, 6) is 1.75. The van der Waals surface area contributed by atoms with Gasteiger partial charge in [-0.2, -0.15) is 0 Å². The highest BCUT2D eigenvalue weighted by Crippen LogP contribution is 2.20. The van der Waals surface area contributed by atoms with Crippen LogP contribution in [0.25, 0.3) is 0 Å². The summed E-state index contributed by atoms with van der Waals surface area (Å²) in [6, 6.07) is 1.94. The normalized spacial score (nSPS) is 11.6. The molecule has 3 nitrogen and oxygen atoms in total. The highest BCUT2D eigenvalue weighted by atomic mass is 79.9. The van der Waals surface area contributed by atoms with Gasteiger partial charge in [0.05, 0.1) is 0 Å². The van der Waals surface area contributed by atoms with Crippen molar-refractivity contribution in [2.75, 3.05) is 18.5 Å². The van der Waals surface area contributed by atoms with Crippen molar-refractivity contribution in [3.63, 3.8) is 0 Å². The Balaban J connectivity index is 2.86. The minimum Gasteiger partial charge on any atom is -0.359 e. The maximum Gasteiger partial charge on any atom is 0.133 e. The number of rotatable bonds is 2. The molecule has 0 saturated carbocycles. The number of nitrogens with zero attached hydrogens (tertiary/aromatic N) is 3. The fourth-order valence-corrected chi connectivity index (χ4v) is 1.97. The molecule has 0 amide bonds. The third-order valence-electron chi connectivity index (χ3n) is 1.90. The molecule has 0 fully saturated rings. The van der Waals surface area contributed by atoms with Gasteiger partial charge in [-0.05, 0) is 28.3 Å². The predicted octanol–water partition coefficient (Wildman–Crippen LogP) is 3.03. The average Bonchev–Trinajstić information content (AvgIpc) is 1.98. The topological polar surface area (TPSA) is 29.0 Å². The number of halogens is 1. The average molecular weight is 272 g/mol. The van der Waals surface area contributed by atoms with Gasteiger partial charge in [0.25, 0.3) is 0 Å². The maximum absolute atomic E-state index is 4.40. The molecule has 0 aliphatic heterocycles. The molecule has 0 N–H and O–H groups in total. The van der Waals surface area contributed by atoms with Crippen molar-refractivity contribution in [2.45, 2.75) is 27.7 Å². The lowest BCUT2D eigenvalue weighted by Gasteiger charge is -2.27. The second-order valence-corrected chi connectivity index (χ2v) is 5.83. The van der Waals surface area contributed by atoms with Crippen molar-refractivity contribution in [1.29, 1.82) is 0 Å². The smallest absolute Gasteiger partial charge is 0.133 e. The van der Waals surface area contributed by atoms with E-state index in [0.29, 0.717) is 0 Å². The first-order valence-electron chi connectivity index (χ1n) is 5.00. The number of anilines is 1. The molecular formula is C11H18BrN3. The fourth-order valence-electron chi connectivity index (χ4n) is 1.50. The zero-order valence-corrected chi connectivity index (χ0v) is 11.6. The van der Waals surface area contributed by atoms with Gasteiger partial charge >= 0.3 is 0 Å². The molecule has 1 heterocycles. The summed E-state index contributed by atoms with van der Waals surface area (Å²) in [5.41, 5.74) is 0.264. The Morgan fingerprint density at radius 3 is 2.40 bits per heavy atom. The number of hydrogen-bond donors (Lipinski definition) is 0. The van der Waals surface area contributed by atoms with E-state index in [1.54, 1.807) is 0 Å². The molecule has 4 heteroatoms. The summed E-state index contributed by atoms with van der Waals surface area (Å²) in [7, 11) is 2.06. The predicted molar refractivity (Wildman–Crippen MR) is 67.2 cm³/mol. The SMILES string of the molecule is Cc1nc(Br)cc(N(C)CC(C)(C)C)n1. The zero-order valence-electron chi connectivity index (χ0n) is 10.0. The van der Waals surface area contributed by atoms with Crippen molar-refractivity contribution in [3.8, 4) is 0 Å². The molecule has 0 radical (unpaired) electrons. The molecule has 0 aliphatic carbocycles. The van der Waals surface area contributed by atoms with Gasteiger partial charge in [-0.1, -0.05) is 20.8 Å². The van der Waals surface area contributed by atoms with Gasteiger partial charge in [0, 0.05) is 19.7 Å². The van der Waals surface area contributed by atoms with Crippen LogP contribution in [0.5, 0.6) is 0 Å². The van der Waals surface area contributed by atoms with Gasteiger partial charge in [0.2, 0.25) is 0 Å². The van der Waals surface area contributed by atoms with E-state index in [4.69, 9.17) is 0 Å². The summed E-state index contributed by atoms with van der Waals surface area (Å²) >= 11 is 3.38. The third kappa shape index (κ3) is 4.16. The van der Waals surface area contributed by atoms with E-state index in [0.717, 1.165) is 22.8 Å². The summed E-state index contributed by atoms with van der Waals surface area (Å²) in [5, 5.41) is 0. The Hall–Kier alpha value is -0.640. The van der Waals surface area contributed by atoms with Crippen LogP contribution >= 0.6 is 15.9 Å². The minimum atomic E-state index is 0.264. The molecule has 0 atom stereocenters. The summed E-state index contributed by atoms with van der Waals surface area (Å²) in [4.78, 5) is 10.7. The number of hydrogen-bond acceptors (Lipinski definition) is 3. The van der Waals surface area contributed by atoms with E-state index in [1.165, 1.54) is 0 Å². The molecule has 0 aliphatic rings. The van der Waals surface area contributed by atoms with Gasteiger partial charge < -0.3 is 4.90 Å². The molecule has 0 saturated heterocycles. The summed E-state index contributed by atoms with van der Waals surface area (Å²) in [6.45, 7) is 9.51. The molecule has 0 bridgehead atoms. The molecule has 0 unspecified atom stereocenters. The van der Waals surface area contributed by atoms with Gasteiger partial charge in [0.1, 0.15) is 16.2 Å². The largest absolute Gasteiger partial charge is 0.359 e. The van der Waals surface area contributed by atoms with Crippen LogP contribution in [-0.2, 0) is 0 Å². The van der Waals surface area contributed by atoms with Crippen LogP contribution in [0.15, 0.2) is 10.7 Å². The molecule has 1 rings (SSSR count). The molecule has 1 aromatic heterocycles. The Morgan fingerprint density at radius 1 is 1.33 bits per heavy atom.